The lowest BCUT2D eigenvalue weighted by atomic mass is 9.92. The maximum atomic E-state index is 8.77. The Morgan fingerprint density at radius 2 is 2.14 bits per heavy atom. The van der Waals surface area contributed by atoms with E-state index >= 15 is 0 Å². The average molecular weight is 187 g/mol. The molecule has 0 N–H and O–H groups in total. The zero-order valence-corrected chi connectivity index (χ0v) is 8.66. The second kappa shape index (κ2) is 2.83. The number of nitrogens with zero attached hydrogens (tertiary/aromatic N) is 1. The van der Waals surface area contributed by atoms with Gasteiger partial charge < -0.3 is 4.74 Å². The molecule has 1 fully saturated rings. The smallest absolute Gasteiger partial charge is 0.178 e. The number of aryl methyl sites for hydroxylation is 2. The van der Waals surface area contributed by atoms with Crippen molar-refractivity contribution in [2.75, 3.05) is 0 Å². The summed E-state index contributed by atoms with van der Waals surface area (Å²) < 4.78 is 5.40. The largest absolute Gasteiger partial charge is 0.345 e. The van der Waals surface area contributed by atoms with E-state index in [0.29, 0.717) is 0 Å². The second-order valence-corrected chi connectivity index (χ2v) is 4.05. The highest BCUT2D eigenvalue weighted by molar-refractivity contribution is 5.40. The van der Waals surface area contributed by atoms with Crippen molar-refractivity contribution in [2.45, 2.75) is 32.5 Å². The molecule has 14 heavy (non-hydrogen) atoms. The van der Waals surface area contributed by atoms with Crippen molar-refractivity contribution in [3.05, 3.63) is 34.9 Å². The van der Waals surface area contributed by atoms with E-state index in [0.717, 1.165) is 5.56 Å². The predicted molar refractivity (Wildman–Crippen MR) is 53.8 cm³/mol. The van der Waals surface area contributed by atoms with Crippen LogP contribution in [0.15, 0.2) is 18.2 Å². The van der Waals surface area contributed by atoms with Gasteiger partial charge in [0, 0.05) is 0 Å². The Hall–Kier alpha value is -1.33. The molecule has 0 saturated carbocycles. The van der Waals surface area contributed by atoms with E-state index in [9.17, 15) is 0 Å². The molecule has 72 valence electrons. The Kier molecular flexibility index (Phi) is 1.87. The van der Waals surface area contributed by atoms with Gasteiger partial charge in [-0.3, -0.25) is 0 Å². The summed E-state index contributed by atoms with van der Waals surface area (Å²) in [5.74, 6) is 0. The molecule has 1 heterocycles. The van der Waals surface area contributed by atoms with Crippen LogP contribution in [-0.4, -0.2) is 6.10 Å². The molecular formula is C12H13NO. The molecule has 0 aliphatic carbocycles. The highest BCUT2D eigenvalue weighted by atomic mass is 16.6. The Morgan fingerprint density at radius 1 is 1.43 bits per heavy atom. The molecule has 2 heteroatoms. The third-order valence-corrected chi connectivity index (χ3v) is 2.84. The minimum Gasteiger partial charge on any atom is -0.345 e. The molecule has 1 aromatic carbocycles. The monoisotopic (exact) mass is 187 g/mol. The van der Waals surface area contributed by atoms with Gasteiger partial charge in [-0.15, -0.1) is 0 Å². The molecule has 2 rings (SSSR count). The van der Waals surface area contributed by atoms with Crippen molar-refractivity contribution in [1.29, 1.82) is 5.26 Å². The van der Waals surface area contributed by atoms with E-state index in [1.807, 2.05) is 6.92 Å². The summed E-state index contributed by atoms with van der Waals surface area (Å²) in [6, 6.07) is 8.39. The number of hydrogen-bond acceptors (Lipinski definition) is 2. The summed E-state index contributed by atoms with van der Waals surface area (Å²) in [6.45, 7) is 6.09. The van der Waals surface area contributed by atoms with Gasteiger partial charge in [-0.2, -0.15) is 5.26 Å². The van der Waals surface area contributed by atoms with E-state index in [1.165, 1.54) is 11.1 Å². The topological polar surface area (TPSA) is 36.3 Å². The van der Waals surface area contributed by atoms with Gasteiger partial charge in [0.25, 0.3) is 0 Å². The van der Waals surface area contributed by atoms with E-state index in [-0.39, 0.29) is 11.7 Å². The van der Waals surface area contributed by atoms with Crippen LogP contribution in [0.5, 0.6) is 0 Å². The van der Waals surface area contributed by atoms with Crippen molar-refractivity contribution < 1.29 is 4.74 Å². The minimum absolute atomic E-state index is 0.274. The zero-order chi connectivity index (χ0) is 10.3. The molecule has 1 aliphatic heterocycles. The molecule has 0 bridgehead atoms. The molecule has 0 radical (unpaired) electrons. The molecule has 1 aromatic rings. The number of hydrogen-bond donors (Lipinski definition) is 0. The van der Waals surface area contributed by atoms with Crippen molar-refractivity contribution in [2.24, 2.45) is 0 Å². The molecule has 0 amide bonds. The highest BCUT2D eigenvalue weighted by Crippen LogP contribution is 2.46. The minimum atomic E-state index is -0.369. The maximum absolute atomic E-state index is 8.77. The summed E-state index contributed by atoms with van der Waals surface area (Å²) in [4.78, 5) is 0. The fourth-order valence-electron chi connectivity index (χ4n) is 1.94. The lowest BCUT2D eigenvalue weighted by Crippen LogP contribution is -2.08. The molecule has 2 unspecified atom stereocenters. The molecule has 2 nitrogen and oxygen atoms in total. The fraction of sp³-hybridized carbons (Fsp3) is 0.417. The number of rotatable bonds is 1. The Labute approximate surface area is 84.1 Å². The summed E-state index contributed by atoms with van der Waals surface area (Å²) in [5.41, 5.74) is 3.20. The number of ether oxygens (including phenoxy) is 1. The molecule has 0 aromatic heterocycles. The lowest BCUT2D eigenvalue weighted by molar-refractivity contribution is 0.321. The zero-order valence-electron chi connectivity index (χ0n) is 8.66. The third-order valence-electron chi connectivity index (χ3n) is 2.84. The van der Waals surface area contributed by atoms with Crippen LogP contribution in [0.1, 0.15) is 23.6 Å². The molecule has 1 aliphatic rings. The van der Waals surface area contributed by atoms with Crippen molar-refractivity contribution >= 4 is 0 Å². The van der Waals surface area contributed by atoms with Gasteiger partial charge in [0.2, 0.25) is 0 Å². The van der Waals surface area contributed by atoms with Gasteiger partial charge in [0.1, 0.15) is 5.60 Å². The SMILES string of the molecule is Cc1ccc(C2(C)OC2C#N)c(C)c1. The summed E-state index contributed by atoms with van der Waals surface area (Å²) in [5, 5.41) is 8.77. The average Bonchev–Trinajstić information content (AvgIpc) is 2.77. The van der Waals surface area contributed by atoms with E-state index < -0.39 is 0 Å². The van der Waals surface area contributed by atoms with E-state index in [2.05, 4.69) is 38.1 Å². The van der Waals surface area contributed by atoms with Crippen LogP contribution in [-0.2, 0) is 10.3 Å². The van der Waals surface area contributed by atoms with Gasteiger partial charge in [0.15, 0.2) is 6.10 Å². The van der Waals surface area contributed by atoms with Gasteiger partial charge >= 0.3 is 0 Å². The summed E-state index contributed by atoms with van der Waals surface area (Å²) in [7, 11) is 0. The van der Waals surface area contributed by atoms with Crippen LogP contribution in [0.3, 0.4) is 0 Å². The fourth-order valence-corrected chi connectivity index (χ4v) is 1.94. The normalized spacial score (nSPS) is 29.7. The van der Waals surface area contributed by atoms with Crippen molar-refractivity contribution in [3.63, 3.8) is 0 Å². The predicted octanol–water partition coefficient (Wildman–Crippen LogP) is 2.44. The molecule has 1 saturated heterocycles. The van der Waals surface area contributed by atoms with E-state index in [1.54, 1.807) is 0 Å². The van der Waals surface area contributed by atoms with Crippen LogP contribution in [0, 0.1) is 25.2 Å². The first-order valence-corrected chi connectivity index (χ1v) is 4.73. The quantitative estimate of drug-likeness (QED) is 0.633. The molecule has 0 spiro atoms. The lowest BCUT2D eigenvalue weighted by Gasteiger charge is -2.10. The number of benzene rings is 1. The van der Waals surface area contributed by atoms with Crippen LogP contribution in [0.2, 0.25) is 0 Å². The maximum Gasteiger partial charge on any atom is 0.178 e. The number of epoxide rings is 1. The van der Waals surface area contributed by atoms with Crippen molar-refractivity contribution in [1.82, 2.24) is 0 Å². The Bertz CT molecular complexity index is 419. The van der Waals surface area contributed by atoms with Gasteiger partial charge in [0.05, 0.1) is 6.07 Å². The van der Waals surface area contributed by atoms with Crippen LogP contribution < -0.4 is 0 Å². The standard InChI is InChI=1S/C12H13NO/c1-8-4-5-10(9(2)6-8)12(3)11(7-13)14-12/h4-6,11H,1-3H3. The number of nitriles is 1. The van der Waals surface area contributed by atoms with Gasteiger partial charge in [-0.05, 0) is 31.9 Å². The summed E-state index contributed by atoms with van der Waals surface area (Å²) in [6.07, 6.45) is -0.274. The second-order valence-electron chi connectivity index (χ2n) is 4.05. The van der Waals surface area contributed by atoms with Crippen LogP contribution >= 0.6 is 0 Å². The molecular weight excluding hydrogens is 174 g/mol. The Morgan fingerprint density at radius 3 is 2.64 bits per heavy atom. The van der Waals surface area contributed by atoms with Crippen LogP contribution in [0.25, 0.3) is 0 Å². The third kappa shape index (κ3) is 1.21. The molecule has 2 atom stereocenters. The van der Waals surface area contributed by atoms with Gasteiger partial charge in [-0.1, -0.05) is 23.8 Å². The van der Waals surface area contributed by atoms with Crippen LogP contribution in [0.4, 0.5) is 0 Å². The first-order valence-electron chi connectivity index (χ1n) is 4.73. The first kappa shape index (κ1) is 9.23. The Balaban J connectivity index is 2.40. The summed E-state index contributed by atoms with van der Waals surface area (Å²) >= 11 is 0. The van der Waals surface area contributed by atoms with Crippen molar-refractivity contribution in [3.8, 4) is 6.07 Å². The first-order chi connectivity index (χ1) is 6.58. The van der Waals surface area contributed by atoms with E-state index in [4.69, 9.17) is 10.00 Å². The van der Waals surface area contributed by atoms with Gasteiger partial charge in [-0.25, -0.2) is 0 Å². The highest BCUT2D eigenvalue weighted by Gasteiger charge is 2.54.